The Morgan fingerprint density at radius 3 is 2.03 bits per heavy atom. The van der Waals surface area contributed by atoms with Crippen molar-refractivity contribution in [2.24, 2.45) is 0 Å². The van der Waals surface area contributed by atoms with Gasteiger partial charge in [-0.15, -0.1) is 0 Å². The van der Waals surface area contributed by atoms with Crippen LogP contribution in [0.4, 0.5) is 44.3 Å². The van der Waals surface area contributed by atoms with Crippen molar-refractivity contribution in [1.29, 1.82) is 0 Å². The van der Waals surface area contributed by atoms with Crippen LogP contribution in [-0.4, -0.2) is 78.2 Å². The fraction of sp³-hybridized carbons (Fsp3) is 0.600. The van der Waals surface area contributed by atoms with Gasteiger partial charge in [0.1, 0.15) is 5.75 Å². The molecule has 0 bridgehead atoms. The molecule has 1 aromatic carbocycles. The van der Waals surface area contributed by atoms with Gasteiger partial charge in [-0.3, -0.25) is 9.69 Å². The summed E-state index contributed by atoms with van der Waals surface area (Å²) < 4.78 is 124. The molecule has 1 heterocycles. The van der Waals surface area contributed by atoms with Crippen molar-refractivity contribution in [3.63, 3.8) is 0 Å². The largest absolute Gasteiger partial charge is 0.493 e. The first-order chi connectivity index (χ1) is 16.5. The summed E-state index contributed by atoms with van der Waals surface area (Å²) in [5.74, 6) is -1.27. The minimum atomic E-state index is -5.85. The Hall–Kier alpha value is -2.91. The zero-order valence-electron chi connectivity index (χ0n) is 18.3. The van der Waals surface area contributed by atoms with Crippen LogP contribution in [0.3, 0.4) is 0 Å². The topological polar surface area (TPSA) is 79.3 Å². The number of piperazine rings is 1. The number of hydrogen-bond acceptors (Lipinski definition) is 5. The Bertz CT molecular complexity index is 896. The Kier molecular flexibility index (Phi) is 9.31. The summed E-state index contributed by atoms with van der Waals surface area (Å²) in [4.78, 5) is 24.7. The Morgan fingerprint density at radius 1 is 0.944 bits per heavy atom. The van der Waals surface area contributed by atoms with Crippen LogP contribution in [0.1, 0.15) is 24.0 Å². The normalized spacial score (nSPS) is 15.8. The van der Waals surface area contributed by atoms with E-state index in [2.05, 4.69) is 4.74 Å². The van der Waals surface area contributed by atoms with Crippen molar-refractivity contribution in [3.8, 4) is 5.75 Å². The van der Waals surface area contributed by atoms with E-state index >= 15 is 0 Å². The molecule has 1 aliphatic rings. The number of halogens is 9. The van der Waals surface area contributed by atoms with E-state index in [1.165, 1.54) is 0 Å². The summed E-state index contributed by atoms with van der Waals surface area (Å²) in [6.45, 7) is -0.842. The fourth-order valence-corrected chi connectivity index (χ4v) is 3.23. The first kappa shape index (κ1) is 29.3. The lowest BCUT2D eigenvalue weighted by atomic mass is 10.1. The van der Waals surface area contributed by atoms with Crippen LogP contribution in [0.2, 0.25) is 0 Å². The molecule has 36 heavy (non-hydrogen) atoms. The molecular weight excluding hydrogens is 519 g/mol. The highest BCUT2D eigenvalue weighted by atomic mass is 19.4. The third-order valence-corrected chi connectivity index (χ3v) is 5.02. The van der Waals surface area contributed by atoms with Crippen molar-refractivity contribution < 1.29 is 63.7 Å². The fourth-order valence-electron chi connectivity index (χ4n) is 3.23. The van der Waals surface area contributed by atoms with Gasteiger partial charge in [-0.25, -0.2) is 4.79 Å². The maximum absolute atomic E-state index is 13.1. The lowest BCUT2D eigenvalue weighted by Crippen LogP contribution is -2.52. The van der Waals surface area contributed by atoms with E-state index in [-0.39, 0.29) is 63.5 Å². The SMILES string of the molecule is O=C(O)CCCOc1cc(C(F)(F)F)ccc1CN1CCN(C(=O)OC(C(F)(F)F)C(F)(F)F)CC1. The van der Waals surface area contributed by atoms with E-state index < -0.39 is 42.3 Å². The number of carboxylic acids is 1. The molecule has 0 radical (unpaired) electrons. The highest BCUT2D eigenvalue weighted by molar-refractivity contribution is 5.68. The van der Waals surface area contributed by atoms with Crippen LogP contribution in [0.15, 0.2) is 18.2 Å². The molecule has 1 aromatic rings. The zero-order valence-corrected chi connectivity index (χ0v) is 18.3. The molecule has 204 valence electrons. The van der Waals surface area contributed by atoms with Crippen LogP contribution in [0, 0.1) is 0 Å². The van der Waals surface area contributed by atoms with Crippen LogP contribution < -0.4 is 4.74 Å². The molecule has 0 spiro atoms. The lowest BCUT2D eigenvalue weighted by molar-refractivity contribution is -0.308. The number of hydrogen-bond donors (Lipinski definition) is 1. The van der Waals surface area contributed by atoms with Gasteiger partial charge in [-0.2, -0.15) is 39.5 Å². The number of alkyl halides is 9. The van der Waals surface area contributed by atoms with E-state index in [0.717, 1.165) is 18.2 Å². The molecular formula is C20H21F9N2O5. The molecule has 0 unspecified atom stereocenters. The van der Waals surface area contributed by atoms with Gasteiger partial charge in [-0.1, -0.05) is 6.07 Å². The number of carboxylic acid groups (broad SMARTS) is 1. The molecule has 1 N–H and O–H groups in total. The van der Waals surface area contributed by atoms with E-state index in [9.17, 15) is 49.1 Å². The van der Waals surface area contributed by atoms with Crippen molar-refractivity contribution in [2.75, 3.05) is 32.8 Å². The van der Waals surface area contributed by atoms with E-state index in [0.29, 0.717) is 4.90 Å². The number of aliphatic carboxylic acids is 1. The molecule has 1 amide bonds. The van der Waals surface area contributed by atoms with Crippen LogP contribution in [0.25, 0.3) is 0 Å². The molecule has 1 aliphatic heterocycles. The minimum absolute atomic E-state index is 0.0109. The van der Waals surface area contributed by atoms with Gasteiger partial charge in [0, 0.05) is 44.7 Å². The van der Waals surface area contributed by atoms with Crippen molar-refractivity contribution in [1.82, 2.24) is 9.80 Å². The number of amides is 1. The molecule has 1 fully saturated rings. The molecule has 0 aromatic heterocycles. The standard InChI is InChI=1S/C20H21F9N2O5/c21-18(22,23)13-4-3-12(14(10-13)35-9-1-2-15(32)33)11-30-5-7-31(8-6-30)17(34)36-16(19(24,25)26)20(27,28)29/h3-4,10,16H,1-2,5-9,11H2,(H,32,33). The zero-order chi connectivity index (χ0) is 27.3. The molecule has 0 aliphatic carbocycles. The maximum Gasteiger partial charge on any atom is 0.434 e. The van der Waals surface area contributed by atoms with Gasteiger partial charge >= 0.3 is 30.6 Å². The summed E-state index contributed by atoms with van der Waals surface area (Å²) in [5, 5.41) is 8.66. The summed E-state index contributed by atoms with van der Waals surface area (Å²) in [6, 6.07) is 2.70. The lowest BCUT2D eigenvalue weighted by Gasteiger charge is -2.35. The van der Waals surface area contributed by atoms with Crippen LogP contribution >= 0.6 is 0 Å². The molecule has 2 rings (SSSR count). The van der Waals surface area contributed by atoms with Gasteiger partial charge in [0.05, 0.1) is 12.2 Å². The molecule has 0 saturated carbocycles. The first-order valence-electron chi connectivity index (χ1n) is 10.3. The van der Waals surface area contributed by atoms with Crippen molar-refractivity contribution in [3.05, 3.63) is 29.3 Å². The molecule has 0 atom stereocenters. The van der Waals surface area contributed by atoms with Gasteiger partial charge in [0.25, 0.3) is 6.10 Å². The highest BCUT2D eigenvalue weighted by Gasteiger charge is 2.60. The van der Waals surface area contributed by atoms with Gasteiger partial charge < -0.3 is 19.5 Å². The monoisotopic (exact) mass is 540 g/mol. The number of carbonyl (C=O) groups is 2. The predicted molar refractivity (Wildman–Crippen MR) is 103 cm³/mol. The summed E-state index contributed by atoms with van der Waals surface area (Å²) in [5.41, 5.74) is -0.723. The third-order valence-electron chi connectivity index (χ3n) is 5.02. The number of nitrogens with zero attached hydrogens (tertiary/aromatic N) is 2. The summed E-state index contributed by atoms with van der Waals surface area (Å²) in [6.07, 6.45) is -22.7. The maximum atomic E-state index is 13.1. The van der Waals surface area contributed by atoms with Gasteiger partial charge in [-0.05, 0) is 18.6 Å². The number of rotatable bonds is 8. The predicted octanol–water partition coefficient (Wildman–Crippen LogP) is 4.70. The van der Waals surface area contributed by atoms with Crippen LogP contribution in [0.5, 0.6) is 5.75 Å². The number of benzene rings is 1. The number of carbonyl (C=O) groups excluding carboxylic acids is 1. The molecule has 7 nitrogen and oxygen atoms in total. The first-order valence-corrected chi connectivity index (χ1v) is 10.3. The smallest absolute Gasteiger partial charge is 0.434 e. The Balaban J connectivity index is 2.03. The molecule has 16 heteroatoms. The number of ether oxygens (including phenoxy) is 2. The van der Waals surface area contributed by atoms with Crippen molar-refractivity contribution in [2.45, 2.75) is 44.0 Å². The Labute approximate surface area is 198 Å². The van der Waals surface area contributed by atoms with Gasteiger partial charge in [0.15, 0.2) is 0 Å². The van der Waals surface area contributed by atoms with E-state index in [4.69, 9.17) is 9.84 Å². The second-order valence-corrected chi connectivity index (χ2v) is 7.78. The van der Waals surface area contributed by atoms with E-state index in [1.54, 1.807) is 4.90 Å². The molecule has 1 saturated heterocycles. The van der Waals surface area contributed by atoms with Crippen molar-refractivity contribution >= 4 is 12.1 Å². The average Bonchev–Trinajstić information content (AvgIpc) is 2.73. The summed E-state index contributed by atoms with van der Waals surface area (Å²) in [7, 11) is 0. The van der Waals surface area contributed by atoms with Crippen LogP contribution in [-0.2, 0) is 22.3 Å². The third kappa shape index (κ3) is 8.64. The quantitative estimate of drug-likeness (QED) is 0.381. The van der Waals surface area contributed by atoms with Gasteiger partial charge in [0.2, 0.25) is 0 Å². The Morgan fingerprint density at radius 2 is 1.53 bits per heavy atom. The summed E-state index contributed by atoms with van der Waals surface area (Å²) >= 11 is 0. The average molecular weight is 540 g/mol. The van der Waals surface area contributed by atoms with E-state index in [1.807, 2.05) is 0 Å². The minimum Gasteiger partial charge on any atom is -0.493 e. The highest BCUT2D eigenvalue weighted by Crippen LogP contribution is 2.36. The second kappa shape index (κ2) is 11.4. The second-order valence-electron chi connectivity index (χ2n) is 7.78.